The maximum Gasteiger partial charge on any atom is 0.181 e. The molecule has 0 amide bonds. The number of aromatic nitrogens is 4. The lowest BCUT2D eigenvalue weighted by Gasteiger charge is -1.99. The molecule has 0 aliphatic carbocycles. The first-order valence-electron chi connectivity index (χ1n) is 5.63. The van der Waals surface area contributed by atoms with Gasteiger partial charge in [0.1, 0.15) is 5.69 Å². The summed E-state index contributed by atoms with van der Waals surface area (Å²) in [4.78, 5) is 8.60. The van der Waals surface area contributed by atoms with E-state index in [1.165, 1.54) is 0 Å². The average molecular weight is 272 g/mol. The number of halogens is 1. The minimum atomic E-state index is 0.503. The van der Waals surface area contributed by atoms with Crippen LogP contribution in [0.25, 0.3) is 22.9 Å². The average Bonchev–Trinajstić information content (AvgIpc) is 2.93. The van der Waals surface area contributed by atoms with Crippen molar-refractivity contribution in [3.8, 4) is 22.9 Å². The zero-order valence-electron chi connectivity index (χ0n) is 9.84. The second kappa shape index (κ2) is 4.70. The van der Waals surface area contributed by atoms with Gasteiger partial charge < -0.3 is 5.73 Å². The van der Waals surface area contributed by atoms with Gasteiger partial charge in [-0.25, -0.2) is 4.98 Å². The molecule has 0 radical (unpaired) electrons. The molecule has 3 aromatic rings. The molecule has 0 spiro atoms. The lowest BCUT2D eigenvalue weighted by molar-refractivity contribution is 1.09. The van der Waals surface area contributed by atoms with Crippen molar-refractivity contribution in [3.63, 3.8) is 0 Å². The highest BCUT2D eigenvalue weighted by Crippen LogP contribution is 2.25. The molecule has 1 aromatic carbocycles. The van der Waals surface area contributed by atoms with Crippen LogP contribution in [0.2, 0.25) is 5.02 Å². The Morgan fingerprint density at radius 2 is 2.05 bits per heavy atom. The fourth-order valence-electron chi connectivity index (χ4n) is 1.69. The van der Waals surface area contributed by atoms with Gasteiger partial charge in [-0.1, -0.05) is 17.7 Å². The van der Waals surface area contributed by atoms with Crippen molar-refractivity contribution < 1.29 is 0 Å². The molecule has 3 rings (SSSR count). The Kier molecular flexibility index (Phi) is 2.89. The minimum Gasteiger partial charge on any atom is -0.398 e. The summed E-state index contributed by atoms with van der Waals surface area (Å²) in [6, 6.07) is 10.9. The number of nitrogen functional groups attached to an aromatic ring is 1. The smallest absolute Gasteiger partial charge is 0.181 e. The lowest BCUT2D eigenvalue weighted by atomic mass is 10.2. The number of aromatic amines is 1. The second-order valence-electron chi connectivity index (χ2n) is 3.96. The Hall–Kier alpha value is -2.40. The Morgan fingerprint density at radius 3 is 2.79 bits per heavy atom. The number of hydrogen-bond donors (Lipinski definition) is 2. The van der Waals surface area contributed by atoms with Gasteiger partial charge in [0.15, 0.2) is 11.6 Å². The summed E-state index contributed by atoms with van der Waals surface area (Å²) in [7, 11) is 0. The van der Waals surface area contributed by atoms with E-state index >= 15 is 0 Å². The summed E-state index contributed by atoms with van der Waals surface area (Å²) in [6.45, 7) is 0. The summed E-state index contributed by atoms with van der Waals surface area (Å²) in [5.41, 5.74) is 7.81. The maximum atomic E-state index is 5.89. The van der Waals surface area contributed by atoms with E-state index < -0.39 is 0 Å². The van der Waals surface area contributed by atoms with Crippen LogP contribution in [0, 0.1) is 0 Å². The summed E-state index contributed by atoms with van der Waals surface area (Å²) >= 11 is 5.89. The molecule has 19 heavy (non-hydrogen) atoms. The molecule has 2 aromatic heterocycles. The molecular weight excluding hydrogens is 262 g/mol. The van der Waals surface area contributed by atoms with Crippen LogP contribution in [0.5, 0.6) is 0 Å². The van der Waals surface area contributed by atoms with Crippen LogP contribution < -0.4 is 5.73 Å². The highest BCUT2D eigenvalue weighted by molar-refractivity contribution is 6.33. The molecule has 5 nitrogen and oxygen atoms in total. The highest BCUT2D eigenvalue weighted by atomic mass is 35.5. The Labute approximate surface area is 114 Å². The van der Waals surface area contributed by atoms with Gasteiger partial charge in [0, 0.05) is 11.8 Å². The molecule has 3 N–H and O–H groups in total. The van der Waals surface area contributed by atoms with Gasteiger partial charge in [-0.05, 0) is 30.3 Å². The highest BCUT2D eigenvalue weighted by Gasteiger charge is 2.09. The molecule has 0 unspecified atom stereocenters. The first kappa shape index (κ1) is 11.7. The van der Waals surface area contributed by atoms with Crippen molar-refractivity contribution in [1.29, 1.82) is 0 Å². The van der Waals surface area contributed by atoms with E-state index in [9.17, 15) is 0 Å². The van der Waals surface area contributed by atoms with Crippen molar-refractivity contribution in [2.24, 2.45) is 0 Å². The van der Waals surface area contributed by atoms with E-state index in [1.807, 2.05) is 24.3 Å². The first-order chi connectivity index (χ1) is 9.24. The topological polar surface area (TPSA) is 80.5 Å². The van der Waals surface area contributed by atoms with Crippen LogP contribution in [0.3, 0.4) is 0 Å². The normalized spacial score (nSPS) is 10.6. The quantitative estimate of drug-likeness (QED) is 0.702. The minimum absolute atomic E-state index is 0.503. The Morgan fingerprint density at radius 1 is 1.16 bits per heavy atom. The summed E-state index contributed by atoms with van der Waals surface area (Å²) in [5.74, 6) is 1.17. The number of rotatable bonds is 2. The number of nitrogens with zero attached hydrogens (tertiary/aromatic N) is 3. The van der Waals surface area contributed by atoms with Crippen LogP contribution in [0.4, 0.5) is 5.69 Å². The summed E-state index contributed by atoms with van der Waals surface area (Å²) < 4.78 is 0. The van der Waals surface area contributed by atoms with E-state index in [0.29, 0.717) is 22.4 Å². The van der Waals surface area contributed by atoms with E-state index in [4.69, 9.17) is 17.3 Å². The zero-order valence-corrected chi connectivity index (χ0v) is 10.6. The van der Waals surface area contributed by atoms with Crippen molar-refractivity contribution in [3.05, 3.63) is 47.6 Å². The molecule has 0 saturated heterocycles. The summed E-state index contributed by atoms with van der Waals surface area (Å²) in [5, 5.41) is 7.53. The standard InChI is InChI=1S/C13H10ClN5/c14-9-5-4-8(7-10(9)15)12-17-13(19-18-12)11-3-1-2-6-16-11/h1-7H,15H2,(H,17,18,19). The predicted molar refractivity (Wildman–Crippen MR) is 74.5 cm³/mol. The Bertz CT molecular complexity index is 708. The molecular formula is C13H10ClN5. The van der Waals surface area contributed by atoms with E-state index in [1.54, 1.807) is 18.3 Å². The molecule has 0 aliphatic heterocycles. The number of H-pyrrole nitrogens is 1. The lowest BCUT2D eigenvalue weighted by Crippen LogP contribution is -1.88. The van der Waals surface area contributed by atoms with Crippen molar-refractivity contribution >= 4 is 17.3 Å². The molecule has 0 bridgehead atoms. The number of anilines is 1. The number of hydrogen-bond acceptors (Lipinski definition) is 4. The molecule has 2 heterocycles. The maximum absolute atomic E-state index is 5.89. The van der Waals surface area contributed by atoms with Gasteiger partial charge in [-0.3, -0.25) is 10.1 Å². The van der Waals surface area contributed by atoms with Crippen LogP contribution in [-0.2, 0) is 0 Å². The van der Waals surface area contributed by atoms with Gasteiger partial charge in [0.05, 0.1) is 10.7 Å². The molecule has 0 aliphatic rings. The number of nitrogens with two attached hydrogens (primary N) is 1. The van der Waals surface area contributed by atoms with Crippen LogP contribution in [-0.4, -0.2) is 20.2 Å². The monoisotopic (exact) mass is 271 g/mol. The van der Waals surface area contributed by atoms with E-state index in [-0.39, 0.29) is 0 Å². The number of nitrogens with one attached hydrogen (secondary N) is 1. The number of benzene rings is 1. The third-order valence-electron chi connectivity index (χ3n) is 2.65. The summed E-state index contributed by atoms with van der Waals surface area (Å²) in [6.07, 6.45) is 1.71. The fourth-order valence-corrected chi connectivity index (χ4v) is 1.81. The zero-order chi connectivity index (χ0) is 13.2. The largest absolute Gasteiger partial charge is 0.398 e. The van der Waals surface area contributed by atoms with Gasteiger partial charge in [-0.2, -0.15) is 5.10 Å². The van der Waals surface area contributed by atoms with E-state index in [2.05, 4.69) is 20.2 Å². The molecule has 6 heteroatoms. The van der Waals surface area contributed by atoms with Gasteiger partial charge in [0.2, 0.25) is 0 Å². The van der Waals surface area contributed by atoms with Crippen LogP contribution >= 0.6 is 11.6 Å². The van der Waals surface area contributed by atoms with Crippen molar-refractivity contribution in [1.82, 2.24) is 20.2 Å². The van der Waals surface area contributed by atoms with E-state index in [0.717, 1.165) is 11.3 Å². The Balaban J connectivity index is 1.99. The molecule has 0 fully saturated rings. The molecule has 94 valence electrons. The van der Waals surface area contributed by atoms with Crippen LogP contribution in [0.15, 0.2) is 42.6 Å². The number of pyridine rings is 1. The fraction of sp³-hybridized carbons (Fsp3) is 0. The molecule has 0 saturated carbocycles. The van der Waals surface area contributed by atoms with Gasteiger partial charge in [-0.15, -0.1) is 0 Å². The predicted octanol–water partition coefficient (Wildman–Crippen LogP) is 2.77. The first-order valence-corrected chi connectivity index (χ1v) is 6.01. The van der Waals surface area contributed by atoms with Crippen LogP contribution in [0.1, 0.15) is 0 Å². The SMILES string of the molecule is Nc1cc(-c2n[nH]c(-c3ccccn3)n2)ccc1Cl. The van der Waals surface area contributed by atoms with Crippen molar-refractivity contribution in [2.75, 3.05) is 5.73 Å². The van der Waals surface area contributed by atoms with Crippen molar-refractivity contribution in [2.45, 2.75) is 0 Å². The van der Waals surface area contributed by atoms with Gasteiger partial charge in [0.25, 0.3) is 0 Å². The second-order valence-corrected chi connectivity index (χ2v) is 4.37. The third kappa shape index (κ3) is 2.28. The molecule has 0 atom stereocenters. The third-order valence-corrected chi connectivity index (χ3v) is 2.99. The van der Waals surface area contributed by atoms with Gasteiger partial charge >= 0.3 is 0 Å².